The van der Waals surface area contributed by atoms with Gasteiger partial charge < -0.3 is 0 Å². The maximum absolute atomic E-state index is 14.0. The highest BCUT2D eigenvalue weighted by atomic mass is 19.1. The zero-order valence-electron chi connectivity index (χ0n) is 9.79. The number of hydrogen-bond donors (Lipinski definition) is 0. The summed E-state index contributed by atoms with van der Waals surface area (Å²) in [6.07, 6.45) is 0. The molecule has 2 aromatic carbocycles. The summed E-state index contributed by atoms with van der Waals surface area (Å²) < 4.78 is 14.0. The van der Waals surface area contributed by atoms with Gasteiger partial charge in [-0.3, -0.25) is 0 Å². The molecule has 0 atom stereocenters. The van der Waals surface area contributed by atoms with Gasteiger partial charge in [0.1, 0.15) is 5.82 Å². The number of nitriles is 1. The molecular weight excluding hydrogens is 213 g/mol. The molecule has 2 aromatic rings. The molecule has 84 valence electrons. The first-order chi connectivity index (χ1) is 8.13. The molecule has 0 fully saturated rings. The fourth-order valence-electron chi connectivity index (χ4n) is 1.83. The van der Waals surface area contributed by atoms with Crippen LogP contribution in [0.2, 0.25) is 0 Å². The normalized spacial score (nSPS) is 10.0. The van der Waals surface area contributed by atoms with Crippen LogP contribution in [0.5, 0.6) is 0 Å². The molecule has 0 spiro atoms. The molecule has 0 aliphatic heterocycles. The third kappa shape index (κ3) is 2.05. The lowest BCUT2D eigenvalue weighted by Gasteiger charge is -2.08. The maximum atomic E-state index is 14.0. The molecular formula is C15H12FN. The van der Waals surface area contributed by atoms with E-state index in [4.69, 9.17) is 5.26 Å². The molecule has 2 heteroatoms. The van der Waals surface area contributed by atoms with E-state index in [-0.39, 0.29) is 5.82 Å². The first kappa shape index (κ1) is 11.3. The van der Waals surface area contributed by atoms with Gasteiger partial charge in [-0.05, 0) is 25.5 Å². The van der Waals surface area contributed by atoms with Gasteiger partial charge in [0.2, 0.25) is 0 Å². The number of rotatable bonds is 1. The van der Waals surface area contributed by atoms with Gasteiger partial charge in [0.25, 0.3) is 0 Å². The van der Waals surface area contributed by atoms with Gasteiger partial charge in [0, 0.05) is 11.1 Å². The molecule has 17 heavy (non-hydrogen) atoms. The number of nitrogens with zero attached hydrogens (tertiary/aromatic N) is 1. The van der Waals surface area contributed by atoms with Crippen molar-refractivity contribution in [3.8, 4) is 17.2 Å². The Bertz CT molecular complexity index is 609. The highest BCUT2D eigenvalue weighted by Gasteiger charge is 2.11. The fourth-order valence-corrected chi connectivity index (χ4v) is 1.83. The Morgan fingerprint density at radius 2 is 1.82 bits per heavy atom. The van der Waals surface area contributed by atoms with Crippen molar-refractivity contribution >= 4 is 0 Å². The second kappa shape index (κ2) is 4.39. The summed E-state index contributed by atoms with van der Waals surface area (Å²) in [4.78, 5) is 0. The molecule has 0 radical (unpaired) electrons. The largest absolute Gasteiger partial charge is 0.206 e. The minimum Gasteiger partial charge on any atom is -0.206 e. The van der Waals surface area contributed by atoms with Crippen molar-refractivity contribution in [2.24, 2.45) is 0 Å². The zero-order chi connectivity index (χ0) is 12.4. The Kier molecular flexibility index (Phi) is 2.93. The van der Waals surface area contributed by atoms with Crippen molar-refractivity contribution in [2.45, 2.75) is 13.8 Å². The van der Waals surface area contributed by atoms with Gasteiger partial charge in [0.05, 0.1) is 11.6 Å². The molecule has 0 aliphatic carbocycles. The number of benzene rings is 2. The summed E-state index contributed by atoms with van der Waals surface area (Å²) in [5.74, 6) is -0.255. The summed E-state index contributed by atoms with van der Waals surface area (Å²) in [5.41, 5.74) is 3.26. The van der Waals surface area contributed by atoms with E-state index in [2.05, 4.69) is 6.07 Å². The van der Waals surface area contributed by atoms with E-state index in [0.29, 0.717) is 22.3 Å². The van der Waals surface area contributed by atoms with Crippen LogP contribution in [0.4, 0.5) is 4.39 Å². The van der Waals surface area contributed by atoms with Crippen LogP contribution >= 0.6 is 0 Å². The van der Waals surface area contributed by atoms with Gasteiger partial charge in [-0.15, -0.1) is 0 Å². The molecule has 2 rings (SSSR count). The van der Waals surface area contributed by atoms with E-state index in [1.165, 1.54) is 0 Å². The predicted octanol–water partition coefficient (Wildman–Crippen LogP) is 3.98. The molecule has 0 heterocycles. The maximum Gasteiger partial charge on any atom is 0.133 e. The second-order valence-corrected chi connectivity index (χ2v) is 4.10. The Labute approximate surface area is 100 Å². The lowest BCUT2D eigenvalue weighted by atomic mass is 9.96. The Hall–Kier alpha value is -2.14. The fraction of sp³-hybridized carbons (Fsp3) is 0.133. The van der Waals surface area contributed by atoms with E-state index in [9.17, 15) is 4.39 Å². The lowest BCUT2D eigenvalue weighted by molar-refractivity contribution is 0.622. The highest BCUT2D eigenvalue weighted by molar-refractivity contribution is 5.72. The first-order valence-corrected chi connectivity index (χ1v) is 5.39. The molecule has 0 saturated heterocycles. The molecule has 0 bridgehead atoms. The SMILES string of the molecule is Cc1ccc(C#N)c(-c2cccc(C)c2F)c1. The zero-order valence-corrected chi connectivity index (χ0v) is 9.79. The summed E-state index contributed by atoms with van der Waals surface area (Å²) in [5, 5.41) is 9.06. The van der Waals surface area contributed by atoms with Gasteiger partial charge >= 0.3 is 0 Å². The smallest absolute Gasteiger partial charge is 0.133 e. The molecule has 0 aromatic heterocycles. The third-order valence-corrected chi connectivity index (χ3v) is 2.78. The van der Waals surface area contributed by atoms with Crippen LogP contribution in [0, 0.1) is 31.0 Å². The van der Waals surface area contributed by atoms with Crippen LogP contribution in [0.1, 0.15) is 16.7 Å². The number of halogens is 1. The summed E-state index contributed by atoms with van der Waals surface area (Å²) in [7, 11) is 0. The van der Waals surface area contributed by atoms with Gasteiger partial charge in [-0.25, -0.2) is 4.39 Å². The molecule has 0 N–H and O–H groups in total. The van der Waals surface area contributed by atoms with Crippen molar-refractivity contribution in [1.29, 1.82) is 5.26 Å². The molecule has 0 saturated carbocycles. The molecule has 0 amide bonds. The average Bonchev–Trinajstić information content (AvgIpc) is 2.33. The predicted molar refractivity (Wildman–Crippen MR) is 66.0 cm³/mol. The van der Waals surface area contributed by atoms with E-state index in [1.807, 2.05) is 19.1 Å². The lowest BCUT2D eigenvalue weighted by Crippen LogP contribution is -1.92. The minimum absolute atomic E-state index is 0.255. The summed E-state index contributed by atoms with van der Waals surface area (Å²) in [6.45, 7) is 3.65. The Morgan fingerprint density at radius 1 is 1.06 bits per heavy atom. The standard InChI is InChI=1S/C15H12FN/c1-10-6-7-12(9-17)14(8-10)13-5-3-4-11(2)15(13)16/h3-8H,1-2H3. The van der Waals surface area contributed by atoms with E-state index in [0.717, 1.165) is 5.56 Å². The number of aryl methyl sites for hydroxylation is 2. The van der Waals surface area contributed by atoms with Crippen LogP contribution in [0.15, 0.2) is 36.4 Å². The quantitative estimate of drug-likeness (QED) is 0.720. The van der Waals surface area contributed by atoms with Gasteiger partial charge in [0.15, 0.2) is 0 Å². The molecule has 0 aliphatic rings. The van der Waals surface area contributed by atoms with Crippen molar-refractivity contribution in [2.75, 3.05) is 0 Å². The van der Waals surface area contributed by atoms with Crippen molar-refractivity contribution in [3.63, 3.8) is 0 Å². The van der Waals surface area contributed by atoms with Crippen molar-refractivity contribution < 1.29 is 4.39 Å². The average molecular weight is 225 g/mol. The van der Waals surface area contributed by atoms with E-state index >= 15 is 0 Å². The summed E-state index contributed by atoms with van der Waals surface area (Å²) >= 11 is 0. The monoisotopic (exact) mass is 225 g/mol. The van der Waals surface area contributed by atoms with Crippen LogP contribution in [0.3, 0.4) is 0 Å². The van der Waals surface area contributed by atoms with Crippen LogP contribution in [-0.2, 0) is 0 Å². The van der Waals surface area contributed by atoms with Gasteiger partial charge in [-0.1, -0.05) is 35.9 Å². The number of hydrogen-bond acceptors (Lipinski definition) is 1. The van der Waals surface area contributed by atoms with Crippen LogP contribution in [0.25, 0.3) is 11.1 Å². The van der Waals surface area contributed by atoms with Gasteiger partial charge in [-0.2, -0.15) is 5.26 Å². The van der Waals surface area contributed by atoms with Crippen LogP contribution in [-0.4, -0.2) is 0 Å². The second-order valence-electron chi connectivity index (χ2n) is 4.10. The highest BCUT2D eigenvalue weighted by Crippen LogP contribution is 2.28. The summed E-state index contributed by atoms with van der Waals surface area (Å²) in [6, 6.07) is 12.8. The Morgan fingerprint density at radius 3 is 2.53 bits per heavy atom. The van der Waals surface area contributed by atoms with E-state index < -0.39 is 0 Å². The third-order valence-electron chi connectivity index (χ3n) is 2.78. The minimum atomic E-state index is -0.255. The topological polar surface area (TPSA) is 23.8 Å². The van der Waals surface area contributed by atoms with Crippen molar-refractivity contribution in [1.82, 2.24) is 0 Å². The molecule has 0 unspecified atom stereocenters. The van der Waals surface area contributed by atoms with Crippen LogP contribution < -0.4 is 0 Å². The first-order valence-electron chi connectivity index (χ1n) is 5.39. The van der Waals surface area contributed by atoms with Crippen molar-refractivity contribution in [3.05, 3.63) is 58.9 Å². The Balaban J connectivity index is 2.72. The van der Waals surface area contributed by atoms with E-state index in [1.54, 1.807) is 31.2 Å². The molecule has 1 nitrogen and oxygen atoms in total.